The molecule has 2 atom stereocenters. The Kier molecular flexibility index (Phi) is 9.80. The van der Waals surface area contributed by atoms with Crippen LogP contribution in [0.4, 0.5) is 9.18 Å². The first-order valence-corrected chi connectivity index (χ1v) is 15.2. The molecule has 3 amide bonds. The van der Waals surface area contributed by atoms with E-state index in [-0.39, 0.29) is 25.5 Å². The molecular formula is C35H38FN3O6. The summed E-state index contributed by atoms with van der Waals surface area (Å²) in [6, 6.07) is 19.8. The van der Waals surface area contributed by atoms with Crippen LogP contribution in [0, 0.1) is 5.82 Å². The number of carbonyl (C=O) groups is 4. The molecule has 45 heavy (non-hydrogen) atoms. The van der Waals surface area contributed by atoms with Gasteiger partial charge >= 0.3 is 12.1 Å². The zero-order valence-corrected chi connectivity index (χ0v) is 25.5. The second-order valence-electron chi connectivity index (χ2n) is 11.7. The summed E-state index contributed by atoms with van der Waals surface area (Å²) in [6.45, 7) is -0.177. The van der Waals surface area contributed by atoms with Crippen LogP contribution in [0.15, 0.2) is 72.8 Å². The number of likely N-dealkylation sites (N-methyl/N-ethyl adjacent to an activating group) is 2. The zero-order valence-electron chi connectivity index (χ0n) is 25.5. The van der Waals surface area contributed by atoms with Gasteiger partial charge < -0.3 is 19.6 Å². The molecule has 0 spiro atoms. The topological polar surface area (TPSA) is 107 Å². The Bertz CT molecular complexity index is 1520. The van der Waals surface area contributed by atoms with Crippen LogP contribution in [0.1, 0.15) is 48.3 Å². The van der Waals surface area contributed by atoms with Gasteiger partial charge in [-0.3, -0.25) is 19.3 Å². The average Bonchev–Trinajstić information content (AvgIpc) is 3.34. The third-order valence-electron chi connectivity index (χ3n) is 8.79. The van der Waals surface area contributed by atoms with Gasteiger partial charge in [-0.1, -0.05) is 73.5 Å². The summed E-state index contributed by atoms with van der Waals surface area (Å²) in [5, 5.41) is 9.32. The second kappa shape index (κ2) is 13.9. The molecule has 3 aromatic rings. The molecule has 2 aliphatic rings. The molecule has 0 saturated carbocycles. The summed E-state index contributed by atoms with van der Waals surface area (Å²) in [5.41, 5.74) is 5.00. The van der Waals surface area contributed by atoms with Crippen LogP contribution in [0.5, 0.6) is 0 Å². The Morgan fingerprint density at radius 3 is 2.18 bits per heavy atom. The van der Waals surface area contributed by atoms with Gasteiger partial charge in [0.15, 0.2) is 0 Å². The lowest BCUT2D eigenvalue weighted by atomic mass is 9.97. The molecule has 9 nitrogen and oxygen atoms in total. The smallest absolute Gasteiger partial charge is 0.410 e. The highest BCUT2D eigenvalue weighted by atomic mass is 19.1. The molecule has 0 aromatic heterocycles. The van der Waals surface area contributed by atoms with Crippen LogP contribution >= 0.6 is 0 Å². The minimum atomic E-state index is -1.18. The average molecular weight is 616 g/mol. The first-order valence-electron chi connectivity index (χ1n) is 15.2. The van der Waals surface area contributed by atoms with E-state index in [2.05, 4.69) is 12.1 Å². The van der Waals surface area contributed by atoms with Crippen LogP contribution in [0.25, 0.3) is 11.1 Å². The number of carboxylic acid groups (broad SMARTS) is 1. The van der Waals surface area contributed by atoms with Crippen molar-refractivity contribution in [3.8, 4) is 11.1 Å². The van der Waals surface area contributed by atoms with Crippen LogP contribution < -0.4 is 0 Å². The fourth-order valence-corrected chi connectivity index (χ4v) is 6.42. The Hall–Kier alpha value is -4.73. The molecule has 1 heterocycles. The predicted octanol–water partition coefficient (Wildman–Crippen LogP) is 4.93. The number of aliphatic carboxylic acids is 1. The van der Waals surface area contributed by atoms with Gasteiger partial charge in [-0.15, -0.1) is 0 Å². The molecule has 2 unspecified atom stereocenters. The number of amides is 3. The lowest BCUT2D eigenvalue weighted by Gasteiger charge is -2.39. The van der Waals surface area contributed by atoms with Crippen molar-refractivity contribution in [2.24, 2.45) is 0 Å². The largest absolute Gasteiger partial charge is 0.480 e. The molecule has 5 rings (SSSR count). The van der Waals surface area contributed by atoms with E-state index < -0.39 is 48.3 Å². The van der Waals surface area contributed by atoms with Gasteiger partial charge in [0.1, 0.15) is 31.1 Å². The second-order valence-corrected chi connectivity index (χ2v) is 11.7. The first kappa shape index (κ1) is 31.7. The van der Waals surface area contributed by atoms with E-state index in [0.29, 0.717) is 24.8 Å². The van der Waals surface area contributed by atoms with Crippen molar-refractivity contribution >= 4 is 23.9 Å². The SMILES string of the molecule is CN(CC(=O)O)C(=O)C(Cc1ccc(F)cc1)N1CCCCCC(N(C)C(=O)OCC2c3ccccc3-c3ccccc32)C1=O. The number of carbonyl (C=O) groups excluding carboxylic acids is 3. The van der Waals surface area contributed by atoms with E-state index >= 15 is 0 Å². The number of hydrogen-bond acceptors (Lipinski definition) is 5. The molecule has 0 radical (unpaired) electrons. The van der Waals surface area contributed by atoms with Crippen molar-refractivity contribution in [1.29, 1.82) is 0 Å². The molecule has 3 aromatic carbocycles. The van der Waals surface area contributed by atoms with Crippen molar-refractivity contribution in [3.63, 3.8) is 0 Å². The van der Waals surface area contributed by atoms with Gasteiger partial charge in [0.05, 0.1) is 0 Å². The number of halogens is 1. The summed E-state index contributed by atoms with van der Waals surface area (Å²) >= 11 is 0. The van der Waals surface area contributed by atoms with E-state index in [4.69, 9.17) is 4.74 Å². The minimum Gasteiger partial charge on any atom is -0.480 e. The molecular weight excluding hydrogens is 577 g/mol. The van der Waals surface area contributed by atoms with Gasteiger partial charge in [0, 0.05) is 33.0 Å². The highest BCUT2D eigenvalue weighted by Gasteiger charge is 2.39. The monoisotopic (exact) mass is 615 g/mol. The normalized spacial score (nSPS) is 17.0. The number of ether oxygens (including phenoxy) is 1. The molecule has 0 bridgehead atoms. The van der Waals surface area contributed by atoms with E-state index in [0.717, 1.165) is 33.6 Å². The fourth-order valence-electron chi connectivity index (χ4n) is 6.42. The Morgan fingerprint density at radius 1 is 0.933 bits per heavy atom. The van der Waals surface area contributed by atoms with Crippen molar-refractivity contribution in [2.75, 3.05) is 33.8 Å². The molecule has 10 heteroatoms. The molecule has 236 valence electrons. The maximum Gasteiger partial charge on any atom is 0.410 e. The van der Waals surface area contributed by atoms with Gasteiger partial charge in [0.25, 0.3) is 0 Å². The summed E-state index contributed by atoms with van der Waals surface area (Å²) in [7, 11) is 2.91. The maximum absolute atomic E-state index is 14.2. The van der Waals surface area contributed by atoms with E-state index in [9.17, 15) is 28.7 Å². The summed E-state index contributed by atoms with van der Waals surface area (Å²) in [6.07, 6.45) is 1.94. The first-order chi connectivity index (χ1) is 21.7. The standard InChI is InChI=1S/C35H38FN3O6/c1-37(21-32(40)41)33(42)31(20-23-15-17-24(36)18-16-23)39-19-9-3-4-14-30(34(39)43)38(2)35(44)45-22-29-27-12-7-5-10-25(27)26-11-6-8-13-28(26)29/h5-8,10-13,15-18,29-31H,3-4,9,14,19-22H2,1-2H3,(H,40,41). The predicted molar refractivity (Wildman–Crippen MR) is 166 cm³/mol. The van der Waals surface area contributed by atoms with Crippen LogP contribution in [-0.2, 0) is 25.5 Å². The number of nitrogens with zero attached hydrogens (tertiary/aromatic N) is 3. The third kappa shape index (κ3) is 7.00. The molecule has 1 aliphatic carbocycles. The van der Waals surface area contributed by atoms with Crippen LogP contribution in [0.2, 0.25) is 0 Å². The van der Waals surface area contributed by atoms with Crippen molar-refractivity contribution in [2.45, 2.75) is 50.1 Å². The van der Waals surface area contributed by atoms with Gasteiger partial charge in [-0.05, 0) is 52.8 Å². The number of rotatable bonds is 9. The summed E-state index contributed by atoms with van der Waals surface area (Å²) in [5.74, 6) is -2.70. The number of fused-ring (bicyclic) bond motifs is 3. The lowest BCUT2D eigenvalue weighted by molar-refractivity contribution is -0.151. The highest BCUT2D eigenvalue weighted by molar-refractivity contribution is 5.92. The maximum atomic E-state index is 14.2. The molecule has 1 N–H and O–H groups in total. The van der Waals surface area contributed by atoms with E-state index in [1.807, 2.05) is 36.4 Å². The summed E-state index contributed by atoms with van der Waals surface area (Å²) in [4.78, 5) is 56.6. The van der Waals surface area contributed by atoms with Crippen molar-refractivity contribution < 1.29 is 33.4 Å². The van der Waals surface area contributed by atoms with Gasteiger partial charge in [0.2, 0.25) is 11.8 Å². The Labute approximate surface area is 262 Å². The van der Waals surface area contributed by atoms with Crippen LogP contribution in [-0.4, -0.2) is 89.6 Å². The van der Waals surface area contributed by atoms with Crippen molar-refractivity contribution in [1.82, 2.24) is 14.7 Å². The van der Waals surface area contributed by atoms with Gasteiger partial charge in [-0.25, -0.2) is 9.18 Å². The number of hydrogen-bond donors (Lipinski definition) is 1. The molecule has 1 aliphatic heterocycles. The number of likely N-dealkylation sites (tertiary alicyclic amines) is 1. The Balaban J connectivity index is 1.35. The fraction of sp³-hybridized carbons (Fsp3) is 0.371. The lowest BCUT2D eigenvalue weighted by Crippen LogP contribution is -2.58. The van der Waals surface area contributed by atoms with E-state index in [1.165, 1.54) is 36.0 Å². The third-order valence-corrected chi connectivity index (χ3v) is 8.79. The quantitative estimate of drug-likeness (QED) is 0.366. The molecule has 1 fully saturated rings. The Morgan fingerprint density at radius 2 is 1.56 bits per heavy atom. The minimum absolute atomic E-state index is 0.0657. The number of benzene rings is 3. The molecule has 1 saturated heterocycles. The highest BCUT2D eigenvalue weighted by Crippen LogP contribution is 2.44. The summed E-state index contributed by atoms with van der Waals surface area (Å²) < 4.78 is 19.5. The number of carboxylic acids is 1. The van der Waals surface area contributed by atoms with Crippen LogP contribution in [0.3, 0.4) is 0 Å². The van der Waals surface area contributed by atoms with Crippen molar-refractivity contribution in [3.05, 3.63) is 95.3 Å². The zero-order chi connectivity index (χ0) is 32.1. The van der Waals surface area contributed by atoms with E-state index in [1.54, 1.807) is 12.1 Å². The van der Waals surface area contributed by atoms with Gasteiger partial charge in [-0.2, -0.15) is 0 Å².